The van der Waals surface area contributed by atoms with Crippen LogP contribution in [0.15, 0.2) is 149 Å². The second kappa shape index (κ2) is 14.4. The lowest BCUT2D eigenvalue weighted by molar-refractivity contribution is 0.590. The minimum atomic E-state index is -0.175. The number of anilines is 3. The number of nitrogens with zero attached hydrogens (tertiary/aromatic N) is 3. The molecule has 0 unspecified atom stereocenters. The first-order valence-corrected chi connectivity index (χ1v) is 23.0. The second-order valence-electron chi connectivity index (χ2n) is 22.3. The molecule has 10 rings (SSSR count). The lowest BCUT2D eigenvalue weighted by Crippen LogP contribution is -2.18. The van der Waals surface area contributed by atoms with Gasteiger partial charge in [0.2, 0.25) is 0 Å². The number of hydrogen-bond acceptors (Lipinski definition) is 3. The molecular weight excluding hydrogens is 795 g/mol. The van der Waals surface area contributed by atoms with Gasteiger partial charge in [-0.25, -0.2) is 0 Å². The van der Waals surface area contributed by atoms with E-state index < -0.39 is 0 Å². The zero-order chi connectivity index (χ0) is 46.1. The van der Waals surface area contributed by atoms with Gasteiger partial charge >= 0.3 is 0 Å². The predicted molar refractivity (Wildman–Crippen MR) is 277 cm³/mol. The zero-order valence-corrected chi connectivity index (χ0v) is 39.9. The quantitative estimate of drug-likeness (QED) is 0.131. The van der Waals surface area contributed by atoms with Crippen LogP contribution >= 0.6 is 0 Å². The van der Waals surface area contributed by atoms with Crippen molar-refractivity contribution >= 4 is 77.0 Å². The molecule has 3 aromatic heterocycles. The number of rotatable bonds is 4. The van der Waals surface area contributed by atoms with Crippen molar-refractivity contribution in [1.82, 2.24) is 8.97 Å². The number of benzene rings is 7. The van der Waals surface area contributed by atoms with Crippen LogP contribution in [0, 0.1) is 0 Å². The molecule has 0 aliphatic carbocycles. The van der Waals surface area contributed by atoms with Crippen LogP contribution in [0.2, 0.25) is 0 Å². The average Bonchev–Trinajstić information content (AvgIpc) is 3.60. The van der Waals surface area contributed by atoms with Crippen LogP contribution in [0.25, 0.3) is 65.6 Å². The van der Waals surface area contributed by atoms with Crippen molar-refractivity contribution in [3.8, 4) is 5.69 Å². The van der Waals surface area contributed by atoms with E-state index in [1.54, 1.807) is 0 Å². The summed E-state index contributed by atoms with van der Waals surface area (Å²) < 4.78 is 4.45. The second-order valence-corrected chi connectivity index (χ2v) is 22.3. The van der Waals surface area contributed by atoms with Gasteiger partial charge in [-0.3, -0.25) is 9.59 Å². The van der Waals surface area contributed by atoms with Crippen LogP contribution in [0.4, 0.5) is 17.1 Å². The molecule has 5 nitrogen and oxygen atoms in total. The van der Waals surface area contributed by atoms with Gasteiger partial charge in [-0.15, -0.1) is 0 Å². The third kappa shape index (κ3) is 6.81. The Hall–Kier alpha value is -6.72. The van der Waals surface area contributed by atoms with Crippen molar-refractivity contribution in [1.29, 1.82) is 0 Å². The number of pyridine rings is 2. The highest BCUT2D eigenvalue weighted by atomic mass is 16.1. The smallest absolute Gasteiger partial charge is 0.197 e. The summed E-state index contributed by atoms with van der Waals surface area (Å²) in [4.78, 5) is 32.9. The summed E-state index contributed by atoms with van der Waals surface area (Å²) in [6.45, 7) is 26.5. The molecule has 65 heavy (non-hydrogen) atoms. The van der Waals surface area contributed by atoms with Crippen LogP contribution in [0.5, 0.6) is 0 Å². The van der Waals surface area contributed by atoms with E-state index in [1.165, 1.54) is 11.1 Å². The van der Waals surface area contributed by atoms with E-state index in [0.717, 1.165) is 66.7 Å². The predicted octanol–water partition coefficient (Wildman–Crippen LogP) is 15.3. The van der Waals surface area contributed by atoms with Gasteiger partial charge in [-0.1, -0.05) is 150 Å². The summed E-state index contributed by atoms with van der Waals surface area (Å²) in [7, 11) is 0. The van der Waals surface area contributed by atoms with Gasteiger partial charge in [0.15, 0.2) is 10.9 Å². The topological polar surface area (TPSA) is 46.7 Å². The molecule has 0 aliphatic rings. The molecule has 0 amide bonds. The number of para-hydroxylation sites is 2. The fraction of sp³-hybridized carbons (Fsp3) is 0.267. The van der Waals surface area contributed by atoms with E-state index in [2.05, 4.69) is 224 Å². The summed E-state index contributed by atoms with van der Waals surface area (Å²) in [6, 6.07) is 49.5. The van der Waals surface area contributed by atoms with Crippen LogP contribution in [-0.4, -0.2) is 8.97 Å². The van der Waals surface area contributed by atoms with Crippen molar-refractivity contribution in [3.63, 3.8) is 0 Å². The molecule has 0 N–H and O–H groups in total. The Bertz CT molecular complexity index is 3480. The van der Waals surface area contributed by atoms with Gasteiger partial charge in [-0.05, 0) is 117 Å². The third-order valence-corrected chi connectivity index (χ3v) is 13.7. The summed E-state index contributed by atoms with van der Waals surface area (Å²) in [6.07, 6.45) is 0. The van der Waals surface area contributed by atoms with Crippen molar-refractivity contribution in [2.45, 2.75) is 105 Å². The highest BCUT2D eigenvalue weighted by Gasteiger charge is 2.27. The fourth-order valence-corrected chi connectivity index (χ4v) is 9.85. The summed E-state index contributed by atoms with van der Waals surface area (Å²) in [5.74, 6) is 0. The molecule has 3 heterocycles. The minimum absolute atomic E-state index is 0.00894. The molecule has 326 valence electrons. The molecule has 0 spiro atoms. The number of fused-ring (bicyclic) bond motifs is 7. The molecular formula is C60H59N3O2. The molecule has 10 aromatic rings. The van der Waals surface area contributed by atoms with E-state index in [9.17, 15) is 0 Å². The normalized spacial score (nSPS) is 13.0. The fourth-order valence-electron chi connectivity index (χ4n) is 9.85. The highest BCUT2D eigenvalue weighted by Crippen LogP contribution is 2.45. The van der Waals surface area contributed by atoms with E-state index in [0.29, 0.717) is 27.1 Å². The standard InChI is InChI=1S/C60H59N3O2/c1-57(2,3)36-20-26-40(27-21-36)61(41-28-22-37(23-29-41)58(4,5)6)52-19-15-17-44-43-16-13-14-18-49(43)62(54(44)52)42-34-47-53-48(35-42)56(65)46-33-39(60(10,11)12)25-31-51(46)63(53)50-30-24-38(59(7,8)9)32-45(50)55(47)64/h13-35H,1-12H3. The summed E-state index contributed by atoms with van der Waals surface area (Å²) in [5, 5.41) is 4.48. The Labute approximate surface area is 381 Å². The first-order valence-electron chi connectivity index (χ1n) is 23.0. The summed E-state index contributed by atoms with van der Waals surface area (Å²) >= 11 is 0. The summed E-state index contributed by atoms with van der Waals surface area (Å²) in [5.41, 5.74) is 12.2. The van der Waals surface area contributed by atoms with Crippen LogP contribution in [0.3, 0.4) is 0 Å². The van der Waals surface area contributed by atoms with Gasteiger partial charge in [0.05, 0.1) is 33.3 Å². The van der Waals surface area contributed by atoms with E-state index in [-0.39, 0.29) is 32.5 Å². The molecule has 0 atom stereocenters. The Morgan fingerprint density at radius 2 is 0.800 bits per heavy atom. The molecule has 0 radical (unpaired) electrons. The monoisotopic (exact) mass is 853 g/mol. The zero-order valence-electron chi connectivity index (χ0n) is 39.9. The van der Waals surface area contributed by atoms with Gasteiger partial charge in [-0.2, -0.15) is 0 Å². The van der Waals surface area contributed by atoms with E-state index >= 15 is 9.59 Å². The molecule has 0 saturated heterocycles. The van der Waals surface area contributed by atoms with Crippen molar-refractivity contribution in [2.24, 2.45) is 0 Å². The van der Waals surface area contributed by atoms with E-state index in [1.807, 2.05) is 12.1 Å². The molecule has 0 aliphatic heterocycles. The molecule has 5 heteroatoms. The Kier molecular flexibility index (Phi) is 9.35. The van der Waals surface area contributed by atoms with Gasteiger partial charge < -0.3 is 13.9 Å². The Morgan fingerprint density at radius 3 is 1.26 bits per heavy atom. The van der Waals surface area contributed by atoms with Crippen molar-refractivity contribution in [3.05, 3.63) is 182 Å². The first-order chi connectivity index (χ1) is 30.6. The maximum absolute atomic E-state index is 15.3. The first kappa shape index (κ1) is 42.2. The van der Waals surface area contributed by atoms with Crippen molar-refractivity contribution in [2.75, 3.05) is 4.90 Å². The number of aromatic nitrogens is 2. The maximum Gasteiger partial charge on any atom is 0.197 e. The largest absolute Gasteiger partial charge is 0.308 e. The minimum Gasteiger partial charge on any atom is -0.308 e. The molecule has 0 saturated carbocycles. The Morgan fingerprint density at radius 1 is 0.369 bits per heavy atom. The lowest BCUT2D eigenvalue weighted by atomic mass is 9.85. The van der Waals surface area contributed by atoms with Crippen LogP contribution in [0.1, 0.15) is 105 Å². The van der Waals surface area contributed by atoms with Gasteiger partial charge in [0.25, 0.3) is 0 Å². The van der Waals surface area contributed by atoms with Crippen LogP contribution < -0.4 is 15.8 Å². The number of hydrogen-bond donors (Lipinski definition) is 0. The van der Waals surface area contributed by atoms with Crippen LogP contribution in [-0.2, 0) is 21.7 Å². The van der Waals surface area contributed by atoms with Gasteiger partial charge in [0, 0.05) is 49.4 Å². The SMILES string of the molecule is CC(C)(C)c1ccc(N(c2ccc(C(C)(C)C)cc2)c2cccc3c4ccccc4n(-c4cc5c(=O)c6cc(C(C)(C)C)ccc6n6c7ccc(C(C)(C)C)cc7c(=O)c(c4)c56)c23)cc1. The molecule has 7 aromatic carbocycles. The molecule has 0 bridgehead atoms. The highest BCUT2D eigenvalue weighted by molar-refractivity contribution is 6.15. The average molecular weight is 854 g/mol. The lowest BCUT2D eigenvalue weighted by Gasteiger charge is -2.29. The van der Waals surface area contributed by atoms with E-state index in [4.69, 9.17) is 0 Å². The van der Waals surface area contributed by atoms with Gasteiger partial charge in [0.1, 0.15) is 0 Å². The maximum atomic E-state index is 15.3. The van der Waals surface area contributed by atoms with Crippen molar-refractivity contribution < 1.29 is 0 Å². The molecule has 0 fully saturated rings. The Balaban J connectivity index is 1.35. The third-order valence-electron chi connectivity index (χ3n) is 13.7.